The van der Waals surface area contributed by atoms with E-state index in [0.717, 1.165) is 17.8 Å². The molecule has 8 heteroatoms. The van der Waals surface area contributed by atoms with Crippen LogP contribution in [0.1, 0.15) is 44.9 Å². The van der Waals surface area contributed by atoms with E-state index in [0.29, 0.717) is 36.0 Å². The molecular formula is C21H28ClN5O2. The second kappa shape index (κ2) is 6.79. The zero-order valence-electron chi connectivity index (χ0n) is 16.4. The van der Waals surface area contributed by atoms with E-state index in [9.17, 15) is 10.2 Å². The third-order valence-corrected chi connectivity index (χ3v) is 8.30. The van der Waals surface area contributed by atoms with Gasteiger partial charge in [0.05, 0.1) is 18.5 Å². The van der Waals surface area contributed by atoms with E-state index in [2.05, 4.69) is 20.3 Å². The van der Waals surface area contributed by atoms with Crippen molar-refractivity contribution < 1.29 is 10.2 Å². The Bertz CT molecular complexity index is 913. The molecule has 0 saturated heterocycles. The molecule has 0 aromatic carbocycles. The molecule has 2 heterocycles. The van der Waals surface area contributed by atoms with Crippen molar-refractivity contribution in [3.63, 3.8) is 0 Å². The molecule has 2 aromatic rings. The van der Waals surface area contributed by atoms with Crippen molar-refractivity contribution in [2.45, 2.75) is 69.7 Å². The van der Waals surface area contributed by atoms with E-state index in [1.54, 1.807) is 6.33 Å². The standard InChI is InChI=1S/C21H28ClN5O2/c22-21-25-19(24-15(10-3-1-4-10)11-5-2-6-11)16-20(26-21)27(9-23-16)8-14-12-7-13(12)17(28)18(14)29/h9-15,17-18,28-29H,1-8H2,(H,24,25,26)/t12?,13-,14-,17-,18+/m1/s1. The van der Waals surface area contributed by atoms with Gasteiger partial charge in [0.1, 0.15) is 0 Å². The fraction of sp³-hybridized carbons (Fsp3) is 0.762. The number of anilines is 1. The van der Waals surface area contributed by atoms with Gasteiger partial charge in [-0.15, -0.1) is 0 Å². The van der Waals surface area contributed by atoms with Crippen LogP contribution in [0, 0.1) is 29.6 Å². The molecule has 4 saturated carbocycles. The number of imidazole rings is 1. The van der Waals surface area contributed by atoms with Crippen LogP contribution in [0.5, 0.6) is 0 Å². The smallest absolute Gasteiger partial charge is 0.226 e. The van der Waals surface area contributed by atoms with Crippen molar-refractivity contribution in [1.82, 2.24) is 19.5 Å². The molecule has 0 radical (unpaired) electrons. The largest absolute Gasteiger partial charge is 0.390 e. The number of fused-ring (bicyclic) bond motifs is 2. The van der Waals surface area contributed by atoms with Gasteiger partial charge in [-0.3, -0.25) is 0 Å². The van der Waals surface area contributed by atoms with Gasteiger partial charge in [-0.2, -0.15) is 9.97 Å². The second-order valence-electron chi connectivity index (χ2n) is 9.67. The number of aromatic nitrogens is 4. The lowest BCUT2D eigenvalue weighted by Gasteiger charge is -2.43. The van der Waals surface area contributed by atoms with E-state index < -0.39 is 12.2 Å². The molecular weight excluding hydrogens is 390 g/mol. The van der Waals surface area contributed by atoms with Crippen LogP contribution in [0.3, 0.4) is 0 Å². The number of halogens is 1. The molecule has 3 N–H and O–H groups in total. The molecule has 5 atom stereocenters. The number of hydrogen-bond donors (Lipinski definition) is 3. The number of nitrogens with zero attached hydrogens (tertiary/aromatic N) is 4. The summed E-state index contributed by atoms with van der Waals surface area (Å²) in [6, 6.07) is 0.441. The first kappa shape index (κ1) is 18.3. The SMILES string of the molecule is O[C@@H]1[C@H](O)[C@@H]2CC2[C@H]1Cn1cnc2c(NC(C3CCC3)C3CCC3)nc(Cl)nc21. The van der Waals surface area contributed by atoms with Crippen molar-refractivity contribution >= 4 is 28.6 Å². The molecule has 4 fully saturated rings. The lowest BCUT2D eigenvalue weighted by Crippen LogP contribution is -2.42. The summed E-state index contributed by atoms with van der Waals surface area (Å²) < 4.78 is 1.97. The summed E-state index contributed by atoms with van der Waals surface area (Å²) in [7, 11) is 0. The fourth-order valence-corrected chi connectivity index (χ4v) is 6.04. The predicted octanol–water partition coefficient (Wildman–Crippen LogP) is 2.85. The predicted molar refractivity (Wildman–Crippen MR) is 110 cm³/mol. The zero-order valence-corrected chi connectivity index (χ0v) is 17.2. The minimum atomic E-state index is -0.673. The quantitative estimate of drug-likeness (QED) is 0.625. The Balaban J connectivity index is 1.29. The summed E-state index contributed by atoms with van der Waals surface area (Å²) in [5.41, 5.74) is 1.46. The average molecular weight is 418 g/mol. The van der Waals surface area contributed by atoms with Crippen LogP contribution in [0.25, 0.3) is 11.2 Å². The van der Waals surface area contributed by atoms with Crippen LogP contribution in [0.15, 0.2) is 6.33 Å². The van der Waals surface area contributed by atoms with E-state index >= 15 is 0 Å². The first-order chi connectivity index (χ1) is 14.1. The lowest BCUT2D eigenvalue weighted by molar-refractivity contribution is -0.00373. The second-order valence-corrected chi connectivity index (χ2v) is 10.0. The van der Waals surface area contributed by atoms with Crippen molar-refractivity contribution in [1.29, 1.82) is 0 Å². The Labute approximate surface area is 174 Å². The highest BCUT2D eigenvalue weighted by Crippen LogP contribution is 2.56. The summed E-state index contributed by atoms with van der Waals surface area (Å²) in [6.07, 6.45) is 9.30. The Morgan fingerprint density at radius 2 is 1.79 bits per heavy atom. The highest BCUT2D eigenvalue weighted by Gasteiger charge is 2.59. The van der Waals surface area contributed by atoms with Crippen LogP contribution in [-0.4, -0.2) is 48.0 Å². The molecule has 0 amide bonds. The topological polar surface area (TPSA) is 96.1 Å². The third-order valence-electron chi connectivity index (χ3n) is 8.13. The minimum absolute atomic E-state index is 0.0373. The Morgan fingerprint density at radius 1 is 1.07 bits per heavy atom. The number of rotatable bonds is 6. The van der Waals surface area contributed by atoms with Gasteiger partial charge in [-0.1, -0.05) is 12.8 Å². The van der Waals surface area contributed by atoms with Crippen molar-refractivity contribution in [3.05, 3.63) is 11.6 Å². The summed E-state index contributed by atoms with van der Waals surface area (Å²) in [4.78, 5) is 13.6. The van der Waals surface area contributed by atoms with Crippen LogP contribution in [-0.2, 0) is 6.54 Å². The molecule has 6 rings (SSSR count). The Kier molecular flexibility index (Phi) is 4.29. The zero-order chi connectivity index (χ0) is 19.7. The summed E-state index contributed by atoms with van der Waals surface area (Å²) in [5.74, 6) is 2.86. The van der Waals surface area contributed by atoms with Gasteiger partial charge in [0, 0.05) is 18.5 Å². The summed E-state index contributed by atoms with van der Waals surface area (Å²) >= 11 is 6.30. The highest BCUT2D eigenvalue weighted by atomic mass is 35.5. The van der Waals surface area contributed by atoms with Crippen molar-refractivity contribution in [2.24, 2.45) is 29.6 Å². The van der Waals surface area contributed by atoms with Gasteiger partial charge in [0.25, 0.3) is 0 Å². The maximum Gasteiger partial charge on any atom is 0.226 e. The molecule has 29 heavy (non-hydrogen) atoms. The number of nitrogens with one attached hydrogen (secondary N) is 1. The van der Waals surface area contributed by atoms with Gasteiger partial charge < -0.3 is 20.1 Å². The van der Waals surface area contributed by atoms with E-state index in [4.69, 9.17) is 11.6 Å². The van der Waals surface area contributed by atoms with Gasteiger partial charge in [-0.25, -0.2) is 4.98 Å². The molecule has 4 aliphatic rings. The Hall–Kier alpha value is -1.44. The number of aliphatic hydroxyl groups excluding tert-OH is 2. The molecule has 0 aliphatic heterocycles. The molecule has 0 bridgehead atoms. The van der Waals surface area contributed by atoms with Crippen molar-refractivity contribution in [3.8, 4) is 0 Å². The van der Waals surface area contributed by atoms with Crippen LogP contribution < -0.4 is 5.32 Å². The van der Waals surface area contributed by atoms with Gasteiger partial charge in [-0.05, 0) is 67.4 Å². The maximum absolute atomic E-state index is 10.4. The number of aliphatic hydroxyl groups is 2. The van der Waals surface area contributed by atoms with Crippen molar-refractivity contribution in [2.75, 3.05) is 5.32 Å². The molecule has 156 valence electrons. The third kappa shape index (κ3) is 2.96. The van der Waals surface area contributed by atoms with Gasteiger partial charge in [0.15, 0.2) is 17.0 Å². The summed E-state index contributed by atoms with van der Waals surface area (Å²) in [5, 5.41) is 24.5. The molecule has 1 unspecified atom stereocenters. The van der Waals surface area contributed by atoms with Gasteiger partial charge >= 0.3 is 0 Å². The molecule has 7 nitrogen and oxygen atoms in total. The summed E-state index contributed by atoms with van der Waals surface area (Å²) in [6.45, 7) is 0.595. The maximum atomic E-state index is 10.4. The Morgan fingerprint density at radius 3 is 2.38 bits per heavy atom. The molecule has 4 aliphatic carbocycles. The normalized spacial score (nSPS) is 34.3. The van der Waals surface area contributed by atoms with E-state index in [1.165, 1.54) is 38.5 Å². The van der Waals surface area contributed by atoms with E-state index in [1.807, 2.05) is 4.57 Å². The highest BCUT2D eigenvalue weighted by molar-refractivity contribution is 6.28. The fourth-order valence-electron chi connectivity index (χ4n) is 5.88. The molecule has 0 spiro atoms. The average Bonchev–Trinajstić information content (AvgIpc) is 3.23. The number of hydrogen-bond acceptors (Lipinski definition) is 6. The monoisotopic (exact) mass is 417 g/mol. The van der Waals surface area contributed by atoms with Crippen LogP contribution in [0.4, 0.5) is 5.82 Å². The van der Waals surface area contributed by atoms with E-state index in [-0.39, 0.29) is 17.1 Å². The minimum Gasteiger partial charge on any atom is -0.390 e. The first-order valence-electron chi connectivity index (χ1n) is 11.1. The van der Waals surface area contributed by atoms with Crippen LogP contribution in [0.2, 0.25) is 5.28 Å². The van der Waals surface area contributed by atoms with Crippen LogP contribution >= 0.6 is 11.6 Å². The first-order valence-corrected chi connectivity index (χ1v) is 11.5. The molecule has 2 aromatic heterocycles. The lowest BCUT2D eigenvalue weighted by atomic mass is 9.68. The van der Waals surface area contributed by atoms with Gasteiger partial charge in [0.2, 0.25) is 5.28 Å².